The van der Waals surface area contributed by atoms with Crippen molar-refractivity contribution in [1.29, 1.82) is 5.26 Å². The Balaban J connectivity index is 2.16. The van der Waals surface area contributed by atoms with E-state index in [2.05, 4.69) is 15.4 Å². The van der Waals surface area contributed by atoms with E-state index in [1.807, 2.05) is 6.07 Å². The SMILES string of the molecule is COc1c(C#N)c(C(C(C)C)C(F)(F)F)n2nc(N[C@@H]3CCOC[C@H]3O)ncc12. The lowest BCUT2D eigenvalue weighted by molar-refractivity contribution is -0.160. The number of fused-ring (bicyclic) bond motifs is 1. The molecule has 0 aliphatic carbocycles. The highest BCUT2D eigenvalue weighted by Crippen LogP contribution is 2.45. The number of hydrogen-bond donors (Lipinski definition) is 2. The summed E-state index contributed by atoms with van der Waals surface area (Å²) in [6, 6.07) is 1.43. The van der Waals surface area contributed by atoms with Crippen LogP contribution in [0.4, 0.5) is 19.1 Å². The standard InChI is InChI=1S/C18H22F3N5O3/c1-9(2)14(18(19,20)21)15-10(6-22)16(28-3)12-7-23-17(25-26(12)15)24-11-4-5-29-8-13(11)27/h7,9,11,13-14,27H,4-5,8H2,1-3H3,(H,24,25)/t11-,13-,14?/m1/s1. The number of hydrogen-bond acceptors (Lipinski definition) is 7. The summed E-state index contributed by atoms with van der Waals surface area (Å²) in [6.45, 7) is 3.44. The van der Waals surface area contributed by atoms with E-state index < -0.39 is 30.2 Å². The Bertz CT molecular complexity index is 922. The largest absolute Gasteiger partial charge is 0.493 e. The van der Waals surface area contributed by atoms with Crippen LogP contribution in [0.25, 0.3) is 5.52 Å². The normalized spacial score (nSPS) is 21.2. The molecule has 0 amide bonds. The Morgan fingerprint density at radius 3 is 2.72 bits per heavy atom. The van der Waals surface area contributed by atoms with Gasteiger partial charge >= 0.3 is 6.18 Å². The first-order valence-electron chi connectivity index (χ1n) is 9.13. The maximum absolute atomic E-state index is 13.9. The Morgan fingerprint density at radius 1 is 1.45 bits per heavy atom. The number of anilines is 1. The summed E-state index contributed by atoms with van der Waals surface area (Å²) in [4.78, 5) is 4.13. The first-order chi connectivity index (χ1) is 13.7. The zero-order chi connectivity index (χ0) is 21.3. The Labute approximate surface area is 165 Å². The number of nitriles is 1. The van der Waals surface area contributed by atoms with E-state index in [0.29, 0.717) is 13.0 Å². The van der Waals surface area contributed by atoms with E-state index in [9.17, 15) is 23.5 Å². The zero-order valence-corrected chi connectivity index (χ0v) is 16.2. The molecule has 2 aromatic heterocycles. The molecule has 3 atom stereocenters. The first-order valence-corrected chi connectivity index (χ1v) is 9.13. The quantitative estimate of drug-likeness (QED) is 0.776. The molecule has 8 nitrogen and oxygen atoms in total. The van der Waals surface area contributed by atoms with Gasteiger partial charge in [0.2, 0.25) is 5.95 Å². The number of aliphatic hydroxyl groups excluding tert-OH is 1. The van der Waals surface area contributed by atoms with E-state index in [-0.39, 0.29) is 35.1 Å². The van der Waals surface area contributed by atoms with Gasteiger partial charge in [-0.2, -0.15) is 18.4 Å². The molecule has 11 heteroatoms. The maximum Gasteiger partial charge on any atom is 0.397 e. The van der Waals surface area contributed by atoms with E-state index >= 15 is 0 Å². The lowest BCUT2D eigenvalue weighted by atomic mass is 9.90. The summed E-state index contributed by atoms with van der Waals surface area (Å²) in [5.41, 5.74) is -0.354. The molecule has 1 unspecified atom stereocenters. The molecule has 3 heterocycles. The molecule has 1 aliphatic heterocycles. The number of ether oxygens (including phenoxy) is 2. The third-order valence-corrected chi connectivity index (χ3v) is 4.95. The van der Waals surface area contributed by atoms with Crippen molar-refractivity contribution in [3.63, 3.8) is 0 Å². The van der Waals surface area contributed by atoms with E-state index in [1.165, 1.54) is 27.2 Å². The first kappa shape index (κ1) is 21.1. The zero-order valence-electron chi connectivity index (χ0n) is 16.2. The van der Waals surface area contributed by atoms with Crippen LogP contribution in [0.3, 0.4) is 0 Å². The van der Waals surface area contributed by atoms with Gasteiger partial charge in [0.1, 0.15) is 23.1 Å². The third kappa shape index (κ3) is 3.95. The second-order valence-electron chi connectivity index (χ2n) is 7.23. The van der Waals surface area contributed by atoms with Crippen LogP contribution in [-0.4, -0.2) is 58.4 Å². The lowest BCUT2D eigenvalue weighted by Gasteiger charge is -2.28. The molecule has 0 saturated carbocycles. The summed E-state index contributed by atoms with van der Waals surface area (Å²) in [6.07, 6.45) is -3.59. The molecule has 1 aliphatic rings. The second kappa shape index (κ2) is 8.04. The summed E-state index contributed by atoms with van der Waals surface area (Å²) in [5, 5.41) is 26.8. The van der Waals surface area contributed by atoms with Crippen LogP contribution >= 0.6 is 0 Å². The molecule has 29 heavy (non-hydrogen) atoms. The number of aromatic nitrogens is 3. The minimum Gasteiger partial charge on any atom is -0.493 e. The Hall–Kier alpha value is -2.58. The van der Waals surface area contributed by atoms with Gasteiger partial charge in [0.25, 0.3) is 0 Å². The molecule has 0 aromatic carbocycles. The number of methoxy groups -OCH3 is 1. The topological polar surface area (TPSA) is 105 Å². The summed E-state index contributed by atoms with van der Waals surface area (Å²) in [5.74, 6) is -2.73. The average Bonchev–Trinajstić information content (AvgIpc) is 2.95. The van der Waals surface area contributed by atoms with Gasteiger partial charge in [0, 0.05) is 6.61 Å². The van der Waals surface area contributed by atoms with Crippen molar-refractivity contribution in [2.75, 3.05) is 25.6 Å². The minimum absolute atomic E-state index is 0.00458. The van der Waals surface area contributed by atoms with Crippen molar-refractivity contribution in [3.05, 3.63) is 17.5 Å². The van der Waals surface area contributed by atoms with Crippen LogP contribution in [0, 0.1) is 17.2 Å². The lowest BCUT2D eigenvalue weighted by Crippen LogP contribution is -2.42. The van der Waals surface area contributed by atoms with Crippen molar-refractivity contribution in [1.82, 2.24) is 14.6 Å². The highest BCUT2D eigenvalue weighted by molar-refractivity contribution is 5.70. The van der Waals surface area contributed by atoms with Crippen LogP contribution in [0.1, 0.15) is 37.4 Å². The van der Waals surface area contributed by atoms with Crippen molar-refractivity contribution < 1.29 is 27.8 Å². The highest BCUT2D eigenvalue weighted by Gasteiger charge is 2.47. The molecule has 2 N–H and O–H groups in total. The van der Waals surface area contributed by atoms with Gasteiger partial charge in [-0.05, 0) is 12.3 Å². The second-order valence-corrected chi connectivity index (χ2v) is 7.23. The van der Waals surface area contributed by atoms with Crippen LogP contribution in [0.2, 0.25) is 0 Å². The summed E-state index contributed by atoms with van der Waals surface area (Å²) >= 11 is 0. The van der Waals surface area contributed by atoms with E-state index in [0.717, 1.165) is 4.52 Å². The molecule has 3 rings (SSSR count). The van der Waals surface area contributed by atoms with Gasteiger partial charge in [-0.15, -0.1) is 5.10 Å². The predicted molar refractivity (Wildman–Crippen MR) is 96.7 cm³/mol. The van der Waals surface area contributed by atoms with Gasteiger partial charge in [-0.3, -0.25) is 0 Å². The highest BCUT2D eigenvalue weighted by atomic mass is 19.4. The number of alkyl halides is 3. The third-order valence-electron chi connectivity index (χ3n) is 4.95. The number of nitrogens with zero attached hydrogens (tertiary/aromatic N) is 4. The minimum atomic E-state index is -4.59. The number of halogens is 3. The molecule has 0 radical (unpaired) electrons. The van der Waals surface area contributed by atoms with E-state index in [4.69, 9.17) is 9.47 Å². The van der Waals surface area contributed by atoms with Crippen LogP contribution in [0.15, 0.2) is 6.20 Å². The van der Waals surface area contributed by atoms with Crippen LogP contribution < -0.4 is 10.1 Å². The molecule has 158 valence electrons. The number of nitrogens with one attached hydrogen (secondary N) is 1. The summed E-state index contributed by atoms with van der Waals surface area (Å²) in [7, 11) is 1.28. The predicted octanol–water partition coefficient (Wildman–Crippen LogP) is 2.47. The molecule has 0 bridgehead atoms. The molecular weight excluding hydrogens is 391 g/mol. The van der Waals surface area contributed by atoms with E-state index in [1.54, 1.807) is 0 Å². The molecule has 0 spiro atoms. The van der Waals surface area contributed by atoms with Crippen LogP contribution in [-0.2, 0) is 4.74 Å². The van der Waals surface area contributed by atoms with Gasteiger partial charge in [0.15, 0.2) is 5.75 Å². The Morgan fingerprint density at radius 2 is 2.17 bits per heavy atom. The molecule has 1 fully saturated rings. The van der Waals surface area contributed by atoms with Gasteiger partial charge < -0.3 is 19.9 Å². The average molecular weight is 413 g/mol. The molecule has 2 aromatic rings. The number of rotatable bonds is 5. The maximum atomic E-state index is 13.9. The van der Waals surface area contributed by atoms with Gasteiger partial charge in [-0.1, -0.05) is 13.8 Å². The smallest absolute Gasteiger partial charge is 0.397 e. The van der Waals surface area contributed by atoms with Gasteiger partial charge in [-0.25, -0.2) is 9.50 Å². The fraction of sp³-hybridized carbons (Fsp3) is 0.611. The van der Waals surface area contributed by atoms with Crippen molar-refractivity contribution in [2.45, 2.75) is 44.5 Å². The monoisotopic (exact) mass is 413 g/mol. The van der Waals surface area contributed by atoms with Crippen molar-refractivity contribution in [3.8, 4) is 11.8 Å². The Kier molecular flexibility index (Phi) is 5.86. The number of aliphatic hydroxyl groups is 1. The van der Waals surface area contributed by atoms with Crippen LogP contribution in [0.5, 0.6) is 5.75 Å². The molecular formula is C18H22F3N5O3. The fourth-order valence-corrected chi connectivity index (χ4v) is 3.61. The van der Waals surface area contributed by atoms with Crippen molar-refractivity contribution >= 4 is 11.5 Å². The fourth-order valence-electron chi connectivity index (χ4n) is 3.61. The molecule has 1 saturated heterocycles. The van der Waals surface area contributed by atoms with Crippen molar-refractivity contribution in [2.24, 2.45) is 5.92 Å². The van der Waals surface area contributed by atoms with Gasteiger partial charge in [0.05, 0.1) is 37.8 Å². The summed E-state index contributed by atoms with van der Waals surface area (Å²) < 4.78 is 53.1.